The Labute approximate surface area is 181 Å². The molecule has 1 aliphatic rings. The monoisotopic (exact) mass is 418 g/mol. The molecule has 7 nitrogen and oxygen atoms in total. The van der Waals surface area contributed by atoms with Crippen LogP contribution in [0.3, 0.4) is 0 Å². The molecule has 0 radical (unpaired) electrons. The molecule has 31 heavy (non-hydrogen) atoms. The van der Waals surface area contributed by atoms with Crippen LogP contribution in [-0.4, -0.2) is 29.2 Å². The van der Waals surface area contributed by atoms with Crippen LogP contribution in [0.25, 0.3) is 11.3 Å². The first-order valence-electron chi connectivity index (χ1n) is 10.2. The van der Waals surface area contributed by atoms with Gasteiger partial charge in [-0.2, -0.15) is 0 Å². The van der Waals surface area contributed by atoms with Gasteiger partial charge in [0.15, 0.2) is 11.5 Å². The summed E-state index contributed by atoms with van der Waals surface area (Å²) in [4.78, 5) is 12.8. The van der Waals surface area contributed by atoms with Gasteiger partial charge in [0.25, 0.3) is 5.91 Å². The largest absolute Gasteiger partial charge is 0.497 e. The number of hydrazine groups is 1. The van der Waals surface area contributed by atoms with Gasteiger partial charge in [-0.05, 0) is 56.2 Å². The van der Waals surface area contributed by atoms with E-state index < -0.39 is 0 Å². The zero-order valence-electron chi connectivity index (χ0n) is 18.1. The van der Waals surface area contributed by atoms with Crippen LogP contribution < -0.4 is 15.5 Å². The van der Waals surface area contributed by atoms with Gasteiger partial charge in [-0.15, -0.1) is 0 Å². The van der Waals surface area contributed by atoms with Crippen LogP contribution in [0, 0.1) is 6.92 Å². The molecular weight excluding hydrogens is 392 g/mol. The van der Waals surface area contributed by atoms with Crippen molar-refractivity contribution >= 4 is 5.91 Å². The Kier molecular flexibility index (Phi) is 5.77. The molecule has 2 aromatic carbocycles. The van der Waals surface area contributed by atoms with E-state index in [2.05, 4.69) is 40.0 Å². The average Bonchev–Trinajstić information content (AvgIpc) is 3.37. The topological polar surface area (TPSA) is 79.6 Å². The number of benzene rings is 2. The molecule has 0 spiro atoms. The molecule has 0 saturated carbocycles. The summed E-state index contributed by atoms with van der Waals surface area (Å²) in [6.45, 7) is 6.83. The van der Waals surface area contributed by atoms with E-state index in [4.69, 9.17) is 9.26 Å². The van der Waals surface area contributed by atoms with E-state index in [0.717, 1.165) is 22.7 Å². The molecule has 160 valence electrons. The predicted octanol–water partition coefficient (Wildman–Crippen LogP) is 4.03. The minimum absolute atomic E-state index is 0.0269. The Morgan fingerprint density at radius 2 is 1.94 bits per heavy atom. The molecule has 0 unspecified atom stereocenters. The van der Waals surface area contributed by atoms with Crippen LogP contribution in [0.5, 0.6) is 5.75 Å². The molecule has 1 atom stereocenters. The van der Waals surface area contributed by atoms with Crippen LogP contribution in [0.15, 0.2) is 70.5 Å². The van der Waals surface area contributed by atoms with Crippen LogP contribution in [0.1, 0.15) is 35.5 Å². The number of allylic oxidation sites excluding steroid dienone is 1. The fourth-order valence-corrected chi connectivity index (χ4v) is 3.63. The summed E-state index contributed by atoms with van der Waals surface area (Å²) in [6, 6.07) is 17.3. The third-order valence-corrected chi connectivity index (χ3v) is 5.53. The fraction of sp³-hybridized carbons (Fsp3) is 0.250. The van der Waals surface area contributed by atoms with Crippen molar-refractivity contribution in [3.05, 3.63) is 82.8 Å². The van der Waals surface area contributed by atoms with Gasteiger partial charge < -0.3 is 19.6 Å². The van der Waals surface area contributed by atoms with E-state index in [-0.39, 0.29) is 17.6 Å². The summed E-state index contributed by atoms with van der Waals surface area (Å²) in [5.74, 6) is 0.975. The number of aromatic nitrogens is 1. The lowest BCUT2D eigenvalue weighted by atomic mass is 10.1. The molecule has 2 heterocycles. The number of carbonyl (C=O) groups excluding carboxylic acids is 1. The first kappa shape index (κ1) is 20.7. The third-order valence-electron chi connectivity index (χ3n) is 5.53. The number of nitrogens with zero attached hydrogens (tertiary/aromatic N) is 2. The number of methoxy groups -OCH3 is 1. The second kappa shape index (κ2) is 8.65. The zero-order valence-corrected chi connectivity index (χ0v) is 18.1. The maximum atomic E-state index is 12.8. The lowest BCUT2D eigenvalue weighted by molar-refractivity contribution is 0.0954. The van der Waals surface area contributed by atoms with Crippen molar-refractivity contribution in [2.45, 2.75) is 33.4 Å². The highest BCUT2D eigenvalue weighted by Gasteiger charge is 2.28. The van der Waals surface area contributed by atoms with Crippen molar-refractivity contribution in [1.82, 2.24) is 20.9 Å². The fourth-order valence-electron chi connectivity index (χ4n) is 3.63. The van der Waals surface area contributed by atoms with Crippen molar-refractivity contribution < 1.29 is 14.1 Å². The van der Waals surface area contributed by atoms with Crippen LogP contribution in [0.2, 0.25) is 0 Å². The van der Waals surface area contributed by atoms with E-state index in [1.807, 2.05) is 50.2 Å². The molecule has 0 fully saturated rings. The smallest absolute Gasteiger partial charge is 0.277 e. The normalized spacial score (nSPS) is 16.0. The Bertz CT molecular complexity index is 1120. The standard InChI is InChI=1S/C24H26N4O3/c1-15-7-5-6-8-19(15)14-28-17(3)23(16(2)26-28)25-24(29)21-13-22(31-27-21)18-9-11-20(30-4)12-10-18/h5-13,16,26H,14H2,1-4H3,(H,25,29)/t16-/m1/s1. The van der Waals surface area contributed by atoms with Crippen molar-refractivity contribution in [3.8, 4) is 17.1 Å². The zero-order chi connectivity index (χ0) is 22.0. The number of carbonyl (C=O) groups is 1. The van der Waals surface area contributed by atoms with Gasteiger partial charge in [0.1, 0.15) is 5.75 Å². The summed E-state index contributed by atoms with van der Waals surface area (Å²) in [6.07, 6.45) is 0. The van der Waals surface area contributed by atoms with Gasteiger partial charge in [-0.25, -0.2) is 5.43 Å². The second-order valence-electron chi connectivity index (χ2n) is 7.62. The van der Waals surface area contributed by atoms with Gasteiger partial charge in [-0.3, -0.25) is 4.79 Å². The highest BCUT2D eigenvalue weighted by molar-refractivity contribution is 5.94. The number of ether oxygens (including phenoxy) is 1. The van der Waals surface area contributed by atoms with Crippen molar-refractivity contribution in [1.29, 1.82) is 0 Å². The second-order valence-corrected chi connectivity index (χ2v) is 7.62. The van der Waals surface area contributed by atoms with Crippen molar-refractivity contribution in [2.24, 2.45) is 0 Å². The highest BCUT2D eigenvalue weighted by atomic mass is 16.5. The van der Waals surface area contributed by atoms with E-state index in [0.29, 0.717) is 12.3 Å². The van der Waals surface area contributed by atoms with Gasteiger partial charge in [0, 0.05) is 17.3 Å². The summed E-state index contributed by atoms with van der Waals surface area (Å²) >= 11 is 0. The molecule has 4 rings (SSSR count). The Hall–Kier alpha value is -3.58. The summed E-state index contributed by atoms with van der Waals surface area (Å²) in [5, 5.41) is 9.02. The Morgan fingerprint density at radius 3 is 2.65 bits per heavy atom. The predicted molar refractivity (Wildman–Crippen MR) is 118 cm³/mol. The summed E-state index contributed by atoms with van der Waals surface area (Å²) < 4.78 is 10.6. The number of nitrogens with one attached hydrogen (secondary N) is 2. The first-order chi connectivity index (χ1) is 15.0. The number of hydrogen-bond acceptors (Lipinski definition) is 6. The van der Waals surface area contributed by atoms with Gasteiger partial charge in [0.05, 0.1) is 25.4 Å². The third kappa shape index (κ3) is 4.32. The SMILES string of the molecule is COc1ccc(-c2cc(C(=O)NC3=C(C)N(Cc4ccccc4C)N[C@@H]3C)no2)cc1. The van der Waals surface area contributed by atoms with Crippen LogP contribution in [0.4, 0.5) is 0 Å². The molecule has 3 aromatic rings. The summed E-state index contributed by atoms with van der Waals surface area (Å²) in [5.41, 5.74) is 8.74. The maximum absolute atomic E-state index is 12.8. The first-order valence-corrected chi connectivity index (χ1v) is 10.2. The van der Waals surface area contributed by atoms with Crippen LogP contribution >= 0.6 is 0 Å². The number of rotatable bonds is 6. The highest BCUT2D eigenvalue weighted by Crippen LogP contribution is 2.25. The summed E-state index contributed by atoms with van der Waals surface area (Å²) in [7, 11) is 1.61. The minimum Gasteiger partial charge on any atom is -0.497 e. The Morgan fingerprint density at radius 1 is 1.19 bits per heavy atom. The van der Waals surface area contributed by atoms with Gasteiger partial charge >= 0.3 is 0 Å². The van der Waals surface area contributed by atoms with Gasteiger partial charge in [-0.1, -0.05) is 29.4 Å². The molecule has 1 aromatic heterocycles. The number of amides is 1. The molecule has 1 amide bonds. The molecule has 0 aliphatic carbocycles. The lowest BCUT2D eigenvalue weighted by Gasteiger charge is -2.22. The van der Waals surface area contributed by atoms with Crippen molar-refractivity contribution in [2.75, 3.05) is 7.11 Å². The van der Waals surface area contributed by atoms with Crippen molar-refractivity contribution in [3.63, 3.8) is 0 Å². The Balaban J connectivity index is 1.48. The molecule has 7 heteroatoms. The quantitative estimate of drug-likeness (QED) is 0.629. The maximum Gasteiger partial charge on any atom is 0.277 e. The average molecular weight is 418 g/mol. The van der Waals surface area contributed by atoms with E-state index in [9.17, 15) is 4.79 Å². The molecule has 1 aliphatic heterocycles. The minimum atomic E-state index is -0.302. The lowest BCUT2D eigenvalue weighted by Crippen LogP contribution is -2.37. The number of aryl methyl sites for hydroxylation is 1. The molecule has 0 bridgehead atoms. The van der Waals surface area contributed by atoms with Gasteiger partial charge in [0.2, 0.25) is 0 Å². The molecular formula is C24H26N4O3. The van der Waals surface area contributed by atoms with E-state index in [1.54, 1.807) is 13.2 Å². The number of hydrogen-bond donors (Lipinski definition) is 2. The van der Waals surface area contributed by atoms with Crippen LogP contribution in [-0.2, 0) is 6.54 Å². The van der Waals surface area contributed by atoms with E-state index >= 15 is 0 Å². The molecule has 2 N–H and O–H groups in total. The van der Waals surface area contributed by atoms with E-state index in [1.165, 1.54) is 11.1 Å². The molecule has 0 saturated heterocycles.